The van der Waals surface area contributed by atoms with Crippen LogP contribution >= 0.6 is 11.8 Å². The van der Waals surface area contributed by atoms with Crippen molar-refractivity contribution in [2.24, 2.45) is 0 Å². The molecule has 1 aromatic heterocycles. The number of rotatable bonds is 6. The number of aromatic amines is 1. The van der Waals surface area contributed by atoms with Gasteiger partial charge in [-0.05, 0) is 12.5 Å². The number of aromatic nitrogens is 3. The van der Waals surface area contributed by atoms with E-state index in [0.717, 1.165) is 5.56 Å². The minimum Gasteiger partial charge on any atom is -0.481 e. The Hall–Kier alpha value is -2.02. The number of hydrogen-bond acceptors (Lipinski definition) is 4. The van der Waals surface area contributed by atoms with Crippen LogP contribution in [0.5, 0.6) is 0 Å². The molecule has 1 unspecified atom stereocenters. The third-order valence-corrected chi connectivity index (χ3v) is 4.06. The van der Waals surface area contributed by atoms with Crippen molar-refractivity contribution in [3.05, 3.63) is 46.4 Å². The molecule has 0 saturated carbocycles. The van der Waals surface area contributed by atoms with E-state index in [1.807, 2.05) is 37.3 Å². The van der Waals surface area contributed by atoms with E-state index in [2.05, 4.69) is 10.2 Å². The standard InChI is InChI=1S/C13H15N3O3S/c1-2-16-12(19)14-15-13(16)20-10(8-11(17)18)9-6-4-3-5-7-9/h3-7,10H,2,8H2,1H3,(H,14,19)(H,17,18). The molecule has 0 radical (unpaired) electrons. The Morgan fingerprint density at radius 3 is 2.75 bits per heavy atom. The van der Waals surface area contributed by atoms with Crippen LogP contribution < -0.4 is 5.69 Å². The maximum Gasteiger partial charge on any atom is 0.343 e. The van der Waals surface area contributed by atoms with Crippen molar-refractivity contribution in [2.45, 2.75) is 30.3 Å². The second-order valence-corrected chi connectivity index (χ2v) is 5.34. The molecule has 1 aromatic carbocycles. The molecule has 0 aliphatic rings. The molecule has 0 aliphatic heterocycles. The summed E-state index contributed by atoms with van der Waals surface area (Å²) in [6.07, 6.45) is -0.0283. The van der Waals surface area contributed by atoms with E-state index < -0.39 is 5.97 Å². The Balaban J connectivity index is 2.28. The molecule has 0 saturated heterocycles. The zero-order valence-corrected chi connectivity index (χ0v) is 11.8. The number of H-pyrrole nitrogens is 1. The van der Waals surface area contributed by atoms with Gasteiger partial charge in [-0.15, -0.1) is 5.10 Å². The quantitative estimate of drug-likeness (QED) is 0.794. The van der Waals surface area contributed by atoms with E-state index >= 15 is 0 Å². The van der Waals surface area contributed by atoms with Crippen LogP contribution in [0.4, 0.5) is 0 Å². The highest BCUT2D eigenvalue weighted by atomic mass is 32.2. The van der Waals surface area contributed by atoms with Gasteiger partial charge in [-0.1, -0.05) is 42.1 Å². The van der Waals surface area contributed by atoms with Crippen LogP contribution in [0.25, 0.3) is 0 Å². The molecule has 106 valence electrons. The lowest BCUT2D eigenvalue weighted by Gasteiger charge is -2.14. The fourth-order valence-electron chi connectivity index (χ4n) is 1.85. The molecule has 0 bridgehead atoms. The zero-order valence-electron chi connectivity index (χ0n) is 10.9. The number of benzene rings is 1. The maximum atomic E-state index is 11.5. The van der Waals surface area contributed by atoms with Gasteiger partial charge in [0.15, 0.2) is 5.16 Å². The summed E-state index contributed by atoms with van der Waals surface area (Å²) >= 11 is 1.28. The minimum absolute atomic E-state index is 0.0283. The Kier molecular flexibility index (Phi) is 4.62. The number of thioether (sulfide) groups is 1. The van der Waals surface area contributed by atoms with Gasteiger partial charge in [-0.25, -0.2) is 9.89 Å². The van der Waals surface area contributed by atoms with Crippen molar-refractivity contribution in [3.8, 4) is 0 Å². The Morgan fingerprint density at radius 2 is 2.15 bits per heavy atom. The summed E-state index contributed by atoms with van der Waals surface area (Å²) < 4.78 is 1.49. The smallest absolute Gasteiger partial charge is 0.343 e. The normalized spacial score (nSPS) is 12.2. The van der Waals surface area contributed by atoms with Crippen molar-refractivity contribution in [1.82, 2.24) is 14.8 Å². The molecule has 6 nitrogen and oxygen atoms in total. The highest BCUT2D eigenvalue weighted by Crippen LogP contribution is 2.36. The average Bonchev–Trinajstić information content (AvgIpc) is 2.79. The van der Waals surface area contributed by atoms with Crippen molar-refractivity contribution < 1.29 is 9.90 Å². The largest absolute Gasteiger partial charge is 0.481 e. The van der Waals surface area contributed by atoms with Gasteiger partial charge >= 0.3 is 11.7 Å². The van der Waals surface area contributed by atoms with E-state index in [0.29, 0.717) is 11.7 Å². The molecule has 20 heavy (non-hydrogen) atoms. The van der Waals surface area contributed by atoms with Gasteiger partial charge in [0.05, 0.1) is 6.42 Å². The van der Waals surface area contributed by atoms with Gasteiger partial charge in [0, 0.05) is 11.8 Å². The molecule has 7 heteroatoms. The van der Waals surface area contributed by atoms with Crippen LogP contribution in [0.15, 0.2) is 40.3 Å². The molecule has 2 rings (SSSR count). The predicted molar refractivity (Wildman–Crippen MR) is 75.8 cm³/mol. The van der Waals surface area contributed by atoms with Crippen molar-refractivity contribution >= 4 is 17.7 Å². The molecular formula is C13H15N3O3S. The molecule has 0 fully saturated rings. The van der Waals surface area contributed by atoms with E-state index in [1.54, 1.807) is 0 Å². The lowest BCUT2D eigenvalue weighted by Crippen LogP contribution is -2.16. The molecule has 0 amide bonds. The van der Waals surface area contributed by atoms with E-state index in [4.69, 9.17) is 5.11 Å². The number of carboxylic acid groups (broad SMARTS) is 1. The molecular weight excluding hydrogens is 278 g/mol. The van der Waals surface area contributed by atoms with Crippen LogP contribution in [-0.2, 0) is 11.3 Å². The number of carbonyl (C=O) groups is 1. The van der Waals surface area contributed by atoms with Crippen LogP contribution in [0.2, 0.25) is 0 Å². The second kappa shape index (κ2) is 6.42. The van der Waals surface area contributed by atoms with Gasteiger partial charge < -0.3 is 5.11 Å². The first-order valence-electron chi connectivity index (χ1n) is 6.20. The second-order valence-electron chi connectivity index (χ2n) is 4.17. The fourth-order valence-corrected chi connectivity index (χ4v) is 3.06. The number of nitrogens with one attached hydrogen (secondary N) is 1. The van der Waals surface area contributed by atoms with Crippen LogP contribution in [0.3, 0.4) is 0 Å². The molecule has 1 atom stereocenters. The van der Waals surface area contributed by atoms with Gasteiger partial charge in [0.2, 0.25) is 0 Å². The van der Waals surface area contributed by atoms with Gasteiger partial charge in [0.1, 0.15) is 0 Å². The Morgan fingerprint density at radius 1 is 1.45 bits per heavy atom. The van der Waals surface area contributed by atoms with Gasteiger partial charge in [-0.2, -0.15) is 0 Å². The third-order valence-electron chi connectivity index (χ3n) is 2.82. The van der Waals surface area contributed by atoms with E-state index in [9.17, 15) is 9.59 Å². The SMILES string of the molecule is CCn1c(SC(CC(=O)O)c2ccccc2)n[nH]c1=O. The summed E-state index contributed by atoms with van der Waals surface area (Å²) in [5, 5.41) is 15.6. The summed E-state index contributed by atoms with van der Waals surface area (Å²) in [4.78, 5) is 22.5. The highest BCUT2D eigenvalue weighted by molar-refractivity contribution is 7.99. The summed E-state index contributed by atoms with van der Waals surface area (Å²) in [7, 11) is 0. The predicted octanol–water partition coefficient (Wildman–Crippen LogP) is 1.90. The molecule has 1 heterocycles. The van der Waals surface area contributed by atoms with Gasteiger partial charge in [0.25, 0.3) is 0 Å². The van der Waals surface area contributed by atoms with E-state index in [-0.39, 0.29) is 17.4 Å². The highest BCUT2D eigenvalue weighted by Gasteiger charge is 2.20. The molecule has 0 aliphatic carbocycles. The first kappa shape index (κ1) is 14.4. The third kappa shape index (κ3) is 3.30. The minimum atomic E-state index is -0.882. The van der Waals surface area contributed by atoms with Crippen LogP contribution in [0.1, 0.15) is 24.2 Å². The van der Waals surface area contributed by atoms with Crippen molar-refractivity contribution in [2.75, 3.05) is 0 Å². The maximum absolute atomic E-state index is 11.5. The zero-order chi connectivity index (χ0) is 14.5. The fraction of sp³-hybridized carbons (Fsp3) is 0.308. The summed E-state index contributed by atoms with van der Waals surface area (Å²) in [6, 6.07) is 9.36. The topological polar surface area (TPSA) is 88.0 Å². The lowest BCUT2D eigenvalue weighted by atomic mass is 10.1. The lowest BCUT2D eigenvalue weighted by molar-refractivity contribution is -0.137. The number of aliphatic carboxylic acids is 1. The van der Waals surface area contributed by atoms with Gasteiger partial charge in [-0.3, -0.25) is 9.36 Å². The summed E-state index contributed by atoms with van der Waals surface area (Å²) in [5.74, 6) is -0.882. The summed E-state index contributed by atoms with van der Waals surface area (Å²) in [5.41, 5.74) is 0.620. The number of nitrogens with zero attached hydrogens (tertiary/aromatic N) is 2. The van der Waals surface area contributed by atoms with Crippen LogP contribution in [-0.4, -0.2) is 25.8 Å². The number of carboxylic acids is 1. The monoisotopic (exact) mass is 293 g/mol. The summed E-state index contributed by atoms with van der Waals surface area (Å²) in [6.45, 7) is 2.34. The first-order valence-corrected chi connectivity index (χ1v) is 7.08. The first-order chi connectivity index (χ1) is 9.61. The molecule has 0 spiro atoms. The number of hydrogen-bond donors (Lipinski definition) is 2. The van der Waals surface area contributed by atoms with Crippen molar-refractivity contribution in [3.63, 3.8) is 0 Å². The van der Waals surface area contributed by atoms with Crippen molar-refractivity contribution in [1.29, 1.82) is 0 Å². The van der Waals surface area contributed by atoms with E-state index in [1.165, 1.54) is 16.3 Å². The molecule has 2 N–H and O–H groups in total. The Bertz CT molecular complexity index is 636. The average molecular weight is 293 g/mol. The molecule has 2 aromatic rings. The Labute approximate surface area is 119 Å². The van der Waals surface area contributed by atoms with Crippen LogP contribution in [0, 0.1) is 0 Å².